The number of aliphatic hydroxyl groups excluding tert-OH is 1. The minimum absolute atomic E-state index is 0.207. The molecule has 2 heterocycles. The topological polar surface area (TPSA) is 68.4 Å². The minimum atomic E-state index is -0.580. The smallest absolute Gasteiger partial charge is 0.267 e. The molecule has 7 heteroatoms. The van der Waals surface area contributed by atoms with E-state index in [4.69, 9.17) is 23.2 Å². The van der Waals surface area contributed by atoms with E-state index in [1.165, 1.54) is 18.9 Å². The van der Waals surface area contributed by atoms with Gasteiger partial charge in [0.15, 0.2) is 0 Å². The number of nitrogens with one attached hydrogen (secondary N) is 2. The van der Waals surface area contributed by atoms with Crippen molar-refractivity contribution in [3.8, 4) is 0 Å². The monoisotopic (exact) mass is 333 g/mol. The summed E-state index contributed by atoms with van der Waals surface area (Å²) in [5.41, 5.74) is 0.295. The molecule has 1 unspecified atom stereocenters. The molecule has 1 aliphatic rings. The van der Waals surface area contributed by atoms with Gasteiger partial charge in [-0.15, -0.1) is 0 Å². The van der Waals surface area contributed by atoms with Gasteiger partial charge in [0, 0.05) is 13.1 Å². The first-order valence-corrected chi connectivity index (χ1v) is 7.94. The first kappa shape index (κ1) is 16.6. The molecule has 1 fully saturated rings. The first-order chi connectivity index (χ1) is 9.95. The van der Waals surface area contributed by atoms with Crippen LogP contribution < -0.4 is 5.32 Å². The first-order valence-electron chi connectivity index (χ1n) is 7.18. The largest absolute Gasteiger partial charge is 0.390 e. The predicted octanol–water partition coefficient (Wildman–Crippen LogP) is 2.14. The van der Waals surface area contributed by atoms with Crippen molar-refractivity contribution in [1.29, 1.82) is 0 Å². The molecule has 0 aliphatic carbocycles. The summed E-state index contributed by atoms with van der Waals surface area (Å²) in [6.07, 6.45) is 1.75. The van der Waals surface area contributed by atoms with Gasteiger partial charge in [0.05, 0.1) is 11.1 Å². The van der Waals surface area contributed by atoms with E-state index in [9.17, 15) is 9.90 Å². The van der Waals surface area contributed by atoms with Crippen LogP contribution in [0.4, 0.5) is 0 Å². The molecule has 1 atom stereocenters. The van der Waals surface area contributed by atoms with E-state index < -0.39 is 6.10 Å². The highest BCUT2D eigenvalue weighted by Gasteiger charge is 2.19. The molecule has 0 spiro atoms. The fraction of sp³-hybridized carbons (Fsp3) is 0.643. The minimum Gasteiger partial charge on any atom is -0.390 e. The van der Waals surface area contributed by atoms with E-state index in [-0.39, 0.29) is 17.6 Å². The van der Waals surface area contributed by atoms with Crippen LogP contribution in [0, 0.1) is 5.92 Å². The number of H-pyrrole nitrogens is 1. The number of carbonyl (C=O) groups excluding carboxylic acids is 1. The fourth-order valence-electron chi connectivity index (χ4n) is 2.44. The normalized spacial score (nSPS) is 18.7. The highest BCUT2D eigenvalue weighted by molar-refractivity contribution is 6.41. The van der Waals surface area contributed by atoms with Crippen LogP contribution in [0.15, 0.2) is 6.07 Å². The number of piperidine rings is 1. The zero-order chi connectivity index (χ0) is 15.4. The summed E-state index contributed by atoms with van der Waals surface area (Å²) in [4.78, 5) is 16.8. The molecule has 0 bridgehead atoms. The van der Waals surface area contributed by atoms with Crippen LogP contribution >= 0.6 is 23.2 Å². The molecule has 0 radical (unpaired) electrons. The lowest BCUT2D eigenvalue weighted by Crippen LogP contribution is -2.43. The summed E-state index contributed by atoms with van der Waals surface area (Å²) < 4.78 is 0. The molecule has 0 aromatic carbocycles. The number of amides is 1. The van der Waals surface area contributed by atoms with Gasteiger partial charge in [-0.25, -0.2) is 0 Å². The predicted molar refractivity (Wildman–Crippen MR) is 84.0 cm³/mol. The number of likely N-dealkylation sites (tertiary alicyclic amines) is 1. The Morgan fingerprint density at radius 2 is 2.19 bits per heavy atom. The number of hydrogen-bond donors (Lipinski definition) is 3. The van der Waals surface area contributed by atoms with Gasteiger partial charge in [-0.05, 0) is 37.9 Å². The zero-order valence-electron chi connectivity index (χ0n) is 12.0. The summed E-state index contributed by atoms with van der Waals surface area (Å²) in [6.45, 7) is 5.06. The highest BCUT2D eigenvalue weighted by atomic mass is 35.5. The number of carbonyl (C=O) groups is 1. The average molecular weight is 334 g/mol. The Morgan fingerprint density at radius 3 is 2.76 bits per heavy atom. The Labute approximate surface area is 134 Å². The third kappa shape index (κ3) is 4.88. The summed E-state index contributed by atoms with van der Waals surface area (Å²) in [6, 6.07) is 1.47. The third-order valence-corrected chi connectivity index (χ3v) is 4.51. The third-order valence-electron chi connectivity index (χ3n) is 3.81. The van der Waals surface area contributed by atoms with Gasteiger partial charge in [-0.2, -0.15) is 0 Å². The molecule has 0 saturated carbocycles. The van der Waals surface area contributed by atoms with Crippen molar-refractivity contribution in [3.05, 3.63) is 21.9 Å². The van der Waals surface area contributed by atoms with Gasteiger partial charge >= 0.3 is 0 Å². The molecule has 1 amide bonds. The lowest BCUT2D eigenvalue weighted by atomic mass is 9.99. The van der Waals surface area contributed by atoms with Crippen LogP contribution in [0.2, 0.25) is 10.2 Å². The second-order valence-electron chi connectivity index (χ2n) is 5.69. The molecule has 1 aromatic heterocycles. The van der Waals surface area contributed by atoms with Gasteiger partial charge in [0.25, 0.3) is 5.91 Å². The van der Waals surface area contributed by atoms with E-state index in [0.29, 0.717) is 17.3 Å². The maximum atomic E-state index is 11.9. The maximum Gasteiger partial charge on any atom is 0.267 e. The number of aromatic nitrogens is 1. The molecule has 118 valence electrons. The summed E-state index contributed by atoms with van der Waals surface area (Å²) in [5.74, 6) is 0.440. The van der Waals surface area contributed by atoms with Crippen molar-refractivity contribution in [3.63, 3.8) is 0 Å². The summed E-state index contributed by atoms with van der Waals surface area (Å²) in [5, 5.41) is 13.2. The number of hydrogen-bond acceptors (Lipinski definition) is 3. The van der Waals surface area contributed by atoms with E-state index in [2.05, 4.69) is 22.1 Å². The van der Waals surface area contributed by atoms with Crippen LogP contribution in [0.25, 0.3) is 0 Å². The molecule has 5 nitrogen and oxygen atoms in total. The van der Waals surface area contributed by atoms with Crippen LogP contribution in [0.3, 0.4) is 0 Å². The summed E-state index contributed by atoms with van der Waals surface area (Å²) in [7, 11) is 0. The Hall–Kier alpha value is -0.750. The molecule has 1 saturated heterocycles. The van der Waals surface area contributed by atoms with Crippen LogP contribution in [0.5, 0.6) is 0 Å². The van der Waals surface area contributed by atoms with Crippen molar-refractivity contribution in [2.45, 2.75) is 25.9 Å². The Morgan fingerprint density at radius 1 is 1.52 bits per heavy atom. The fourth-order valence-corrected chi connectivity index (χ4v) is 2.75. The molecule has 1 aromatic rings. The van der Waals surface area contributed by atoms with Crippen molar-refractivity contribution < 1.29 is 9.90 Å². The van der Waals surface area contributed by atoms with Gasteiger partial charge < -0.3 is 20.3 Å². The molecular weight excluding hydrogens is 313 g/mol. The summed E-state index contributed by atoms with van der Waals surface area (Å²) >= 11 is 11.5. The van der Waals surface area contributed by atoms with Crippen molar-refractivity contribution in [2.75, 3.05) is 26.2 Å². The van der Waals surface area contributed by atoms with E-state index in [1.807, 2.05) is 0 Å². The zero-order valence-corrected chi connectivity index (χ0v) is 13.5. The standard InChI is InChI=1S/C14H21Cl2N3O2/c1-9-2-4-19(5-3-9)8-10(20)7-17-14(21)12-6-11(15)13(16)18-12/h6,9-10,18,20H,2-5,7-8H2,1H3,(H,17,21). The quantitative estimate of drug-likeness (QED) is 0.773. The van der Waals surface area contributed by atoms with Gasteiger partial charge in [0.2, 0.25) is 0 Å². The number of rotatable bonds is 5. The number of β-amino-alcohol motifs (C(OH)–C–C–N with tert-alkyl or cyclic N) is 1. The number of aromatic amines is 1. The van der Waals surface area contributed by atoms with Crippen LogP contribution in [0.1, 0.15) is 30.3 Å². The number of aliphatic hydroxyl groups is 1. The molecule has 2 rings (SSSR count). The van der Waals surface area contributed by atoms with Gasteiger partial charge in [-0.1, -0.05) is 30.1 Å². The van der Waals surface area contributed by atoms with Crippen molar-refractivity contribution in [1.82, 2.24) is 15.2 Å². The second kappa shape index (κ2) is 7.49. The Balaban J connectivity index is 1.73. The number of halogens is 2. The average Bonchev–Trinajstić information content (AvgIpc) is 2.79. The van der Waals surface area contributed by atoms with Crippen molar-refractivity contribution >= 4 is 29.1 Å². The van der Waals surface area contributed by atoms with Gasteiger partial charge in [0.1, 0.15) is 10.8 Å². The van der Waals surface area contributed by atoms with Gasteiger partial charge in [-0.3, -0.25) is 4.79 Å². The second-order valence-corrected chi connectivity index (χ2v) is 6.48. The lowest BCUT2D eigenvalue weighted by molar-refractivity contribution is 0.0793. The van der Waals surface area contributed by atoms with Crippen LogP contribution in [-0.2, 0) is 0 Å². The van der Waals surface area contributed by atoms with E-state index in [0.717, 1.165) is 19.0 Å². The lowest BCUT2D eigenvalue weighted by Gasteiger charge is -2.31. The molecular formula is C14H21Cl2N3O2. The van der Waals surface area contributed by atoms with E-state index in [1.54, 1.807) is 0 Å². The molecule has 1 aliphatic heterocycles. The Kier molecular flexibility index (Phi) is 5.93. The maximum absolute atomic E-state index is 11.9. The number of nitrogens with zero attached hydrogens (tertiary/aromatic N) is 1. The molecule has 3 N–H and O–H groups in total. The molecule has 21 heavy (non-hydrogen) atoms. The van der Waals surface area contributed by atoms with Crippen molar-refractivity contribution in [2.24, 2.45) is 5.92 Å². The van der Waals surface area contributed by atoms with E-state index >= 15 is 0 Å². The SMILES string of the molecule is CC1CCN(CC(O)CNC(=O)c2cc(Cl)c(Cl)[nH]2)CC1. The highest BCUT2D eigenvalue weighted by Crippen LogP contribution is 2.21. The van der Waals surface area contributed by atoms with Crippen LogP contribution in [-0.4, -0.2) is 53.2 Å². The Bertz CT molecular complexity index is 465.